The van der Waals surface area contributed by atoms with E-state index in [0.29, 0.717) is 17.7 Å². The van der Waals surface area contributed by atoms with Gasteiger partial charge in [-0.15, -0.1) is 0 Å². The van der Waals surface area contributed by atoms with Gasteiger partial charge in [0.2, 0.25) is 0 Å². The summed E-state index contributed by atoms with van der Waals surface area (Å²) in [5, 5.41) is 0. The highest BCUT2D eigenvalue weighted by Gasteiger charge is 2.12. The van der Waals surface area contributed by atoms with Crippen LogP contribution in [-0.2, 0) is 0 Å². The third kappa shape index (κ3) is 4.47. The molecular formula is C15H21FO2. The molecule has 0 amide bonds. The Balaban J connectivity index is 2.52. The number of carbonyl (C=O) groups excluding carboxylic acids is 1. The lowest BCUT2D eigenvalue weighted by Crippen LogP contribution is -2.03. The smallest absolute Gasteiger partial charge is 0.166 e. The monoisotopic (exact) mass is 252 g/mol. The minimum Gasteiger partial charge on any atom is -0.496 e. The van der Waals surface area contributed by atoms with Crippen molar-refractivity contribution in [3.8, 4) is 5.75 Å². The van der Waals surface area contributed by atoms with Crippen molar-refractivity contribution in [1.29, 1.82) is 0 Å². The molecule has 1 rings (SSSR count). The molecule has 0 unspecified atom stereocenters. The highest BCUT2D eigenvalue weighted by Crippen LogP contribution is 2.22. The number of halogens is 1. The molecule has 0 atom stereocenters. The van der Waals surface area contributed by atoms with Crippen LogP contribution in [0.15, 0.2) is 18.2 Å². The van der Waals surface area contributed by atoms with Crippen LogP contribution >= 0.6 is 0 Å². The first-order chi connectivity index (χ1) is 8.69. The normalized spacial score (nSPS) is 10.4. The molecule has 100 valence electrons. The molecule has 3 heteroatoms. The molecule has 0 spiro atoms. The third-order valence-electron chi connectivity index (χ3n) is 2.97. The average molecular weight is 252 g/mol. The number of carbonyl (C=O) groups is 1. The Morgan fingerprint density at radius 3 is 2.61 bits per heavy atom. The maximum atomic E-state index is 13.1. The molecule has 0 aliphatic rings. The van der Waals surface area contributed by atoms with Gasteiger partial charge in [0.25, 0.3) is 0 Å². The number of benzene rings is 1. The van der Waals surface area contributed by atoms with Crippen molar-refractivity contribution in [2.24, 2.45) is 0 Å². The van der Waals surface area contributed by atoms with E-state index in [9.17, 15) is 9.18 Å². The Morgan fingerprint density at radius 2 is 1.94 bits per heavy atom. The summed E-state index contributed by atoms with van der Waals surface area (Å²) in [5.74, 6) is 0.0166. The van der Waals surface area contributed by atoms with Crippen LogP contribution in [-0.4, -0.2) is 12.9 Å². The minimum atomic E-state index is -0.398. The van der Waals surface area contributed by atoms with E-state index in [1.165, 1.54) is 38.2 Å². The Morgan fingerprint density at radius 1 is 1.22 bits per heavy atom. The maximum absolute atomic E-state index is 13.1. The van der Waals surface area contributed by atoms with Gasteiger partial charge in [0.15, 0.2) is 5.78 Å². The number of Topliss-reactive ketones (excluding diaryl/α,β-unsaturated/α-hetero) is 1. The molecule has 18 heavy (non-hydrogen) atoms. The maximum Gasteiger partial charge on any atom is 0.166 e. The van der Waals surface area contributed by atoms with E-state index in [0.717, 1.165) is 19.3 Å². The SMILES string of the molecule is CCCCCCCC(=O)c1cc(F)ccc1OC. The van der Waals surface area contributed by atoms with Gasteiger partial charge in [-0.05, 0) is 24.6 Å². The van der Waals surface area contributed by atoms with E-state index in [1.807, 2.05) is 0 Å². The van der Waals surface area contributed by atoms with Crippen LogP contribution in [0.2, 0.25) is 0 Å². The first-order valence-corrected chi connectivity index (χ1v) is 6.55. The van der Waals surface area contributed by atoms with E-state index in [2.05, 4.69) is 6.92 Å². The summed E-state index contributed by atoms with van der Waals surface area (Å²) in [5.41, 5.74) is 0.355. The molecule has 2 nitrogen and oxygen atoms in total. The van der Waals surface area contributed by atoms with Crippen LogP contribution in [0.25, 0.3) is 0 Å². The lowest BCUT2D eigenvalue weighted by atomic mass is 10.0. The molecule has 0 saturated heterocycles. The van der Waals surface area contributed by atoms with Crippen molar-refractivity contribution < 1.29 is 13.9 Å². The second kappa shape index (κ2) is 7.85. The summed E-state index contributed by atoms with van der Waals surface area (Å²) in [4.78, 5) is 12.0. The number of hydrogen-bond donors (Lipinski definition) is 0. The second-order valence-corrected chi connectivity index (χ2v) is 4.43. The van der Waals surface area contributed by atoms with Gasteiger partial charge in [0.05, 0.1) is 12.7 Å². The van der Waals surface area contributed by atoms with Gasteiger partial charge >= 0.3 is 0 Å². The molecule has 0 bridgehead atoms. The Hall–Kier alpha value is -1.38. The standard InChI is InChI=1S/C15H21FO2/c1-3-4-5-6-7-8-14(17)13-11-12(16)9-10-15(13)18-2/h9-11H,3-8H2,1-2H3. The third-order valence-corrected chi connectivity index (χ3v) is 2.97. The van der Waals surface area contributed by atoms with Crippen LogP contribution in [0.4, 0.5) is 4.39 Å². The summed E-state index contributed by atoms with van der Waals surface area (Å²) in [7, 11) is 1.49. The quantitative estimate of drug-likeness (QED) is 0.507. The predicted molar refractivity (Wildman–Crippen MR) is 70.7 cm³/mol. The highest BCUT2D eigenvalue weighted by atomic mass is 19.1. The topological polar surface area (TPSA) is 26.3 Å². The van der Waals surface area contributed by atoms with Gasteiger partial charge in [-0.3, -0.25) is 4.79 Å². The molecule has 0 aliphatic carbocycles. The largest absolute Gasteiger partial charge is 0.496 e. The molecular weight excluding hydrogens is 231 g/mol. The van der Waals surface area contributed by atoms with Gasteiger partial charge < -0.3 is 4.74 Å². The van der Waals surface area contributed by atoms with E-state index >= 15 is 0 Å². The highest BCUT2D eigenvalue weighted by molar-refractivity contribution is 5.98. The Labute approximate surface area is 108 Å². The molecule has 1 aromatic carbocycles. The molecule has 0 aliphatic heterocycles. The zero-order valence-electron chi connectivity index (χ0n) is 11.2. The Bertz CT molecular complexity index is 388. The molecule has 0 heterocycles. The lowest BCUT2D eigenvalue weighted by molar-refractivity contribution is 0.0975. The summed E-state index contributed by atoms with van der Waals surface area (Å²) < 4.78 is 18.2. The van der Waals surface area contributed by atoms with Gasteiger partial charge in [0.1, 0.15) is 11.6 Å². The van der Waals surface area contributed by atoms with Gasteiger partial charge in [-0.2, -0.15) is 0 Å². The van der Waals surface area contributed by atoms with Gasteiger partial charge in [0, 0.05) is 6.42 Å². The summed E-state index contributed by atoms with van der Waals surface area (Å²) in [6.07, 6.45) is 5.92. The minimum absolute atomic E-state index is 0.0390. The molecule has 0 radical (unpaired) electrons. The van der Waals surface area contributed by atoms with Crippen LogP contribution in [0, 0.1) is 5.82 Å². The fourth-order valence-corrected chi connectivity index (χ4v) is 1.92. The van der Waals surface area contributed by atoms with E-state index in [-0.39, 0.29) is 5.78 Å². The Kier molecular flexibility index (Phi) is 6.40. The van der Waals surface area contributed by atoms with Gasteiger partial charge in [-0.1, -0.05) is 32.6 Å². The van der Waals surface area contributed by atoms with Crippen molar-refractivity contribution in [3.05, 3.63) is 29.6 Å². The van der Waals surface area contributed by atoms with E-state index < -0.39 is 5.82 Å². The van der Waals surface area contributed by atoms with E-state index in [4.69, 9.17) is 4.74 Å². The van der Waals surface area contributed by atoms with Crippen LogP contribution in [0.3, 0.4) is 0 Å². The fraction of sp³-hybridized carbons (Fsp3) is 0.533. The number of methoxy groups -OCH3 is 1. The number of hydrogen-bond acceptors (Lipinski definition) is 2. The van der Waals surface area contributed by atoms with E-state index in [1.54, 1.807) is 0 Å². The summed E-state index contributed by atoms with van der Waals surface area (Å²) in [6.45, 7) is 2.16. The molecule has 1 aromatic rings. The first-order valence-electron chi connectivity index (χ1n) is 6.55. The lowest BCUT2D eigenvalue weighted by Gasteiger charge is -2.07. The predicted octanol–water partition coefficient (Wildman–Crippen LogP) is 4.38. The van der Waals surface area contributed by atoms with Crippen LogP contribution < -0.4 is 4.74 Å². The number of unbranched alkanes of at least 4 members (excludes halogenated alkanes) is 4. The molecule has 0 saturated carbocycles. The van der Waals surface area contributed by atoms with Crippen molar-refractivity contribution in [3.63, 3.8) is 0 Å². The molecule has 0 N–H and O–H groups in total. The zero-order valence-corrected chi connectivity index (χ0v) is 11.2. The van der Waals surface area contributed by atoms with Crippen LogP contribution in [0.1, 0.15) is 55.8 Å². The fourth-order valence-electron chi connectivity index (χ4n) is 1.92. The van der Waals surface area contributed by atoms with Crippen molar-refractivity contribution in [2.75, 3.05) is 7.11 Å². The summed E-state index contributed by atoms with van der Waals surface area (Å²) >= 11 is 0. The van der Waals surface area contributed by atoms with Crippen molar-refractivity contribution in [2.45, 2.75) is 45.4 Å². The number of ether oxygens (including phenoxy) is 1. The van der Waals surface area contributed by atoms with Crippen molar-refractivity contribution in [1.82, 2.24) is 0 Å². The molecule has 0 fully saturated rings. The average Bonchev–Trinajstić information content (AvgIpc) is 2.38. The molecule has 0 aromatic heterocycles. The summed E-state index contributed by atoms with van der Waals surface area (Å²) in [6, 6.07) is 4.06. The van der Waals surface area contributed by atoms with Crippen molar-refractivity contribution >= 4 is 5.78 Å². The first kappa shape index (κ1) is 14.7. The van der Waals surface area contributed by atoms with Crippen LogP contribution in [0.5, 0.6) is 5.75 Å². The zero-order chi connectivity index (χ0) is 13.4. The number of ketones is 1. The number of rotatable bonds is 8. The second-order valence-electron chi connectivity index (χ2n) is 4.43. The van der Waals surface area contributed by atoms with Gasteiger partial charge in [-0.25, -0.2) is 4.39 Å².